The zero-order valence-corrected chi connectivity index (χ0v) is 19.4. The number of hydrogen-bond donors (Lipinski definition) is 1. The van der Waals surface area contributed by atoms with Gasteiger partial charge in [0.15, 0.2) is 0 Å². The van der Waals surface area contributed by atoms with Crippen molar-refractivity contribution in [1.29, 1.82) is 0 Å². The molecule has 1 N–H and O–H groups in total. The minimum Gasteiger partial charge on any atom is -0.340 e. The molecule has 1 aliphatic carbocycles. The fraction of sp³-hybridized carbons (Fsp3) is 0.667. The van der Waals surface area contributed by atoms with Crippen molar-refractivity contribution >= 4 is 29.3 Å². The van der Waals surface area contributed by atoms with Crippen molar-refractivity contribution in [3.63, 3.8) is 0 Å². The molecule has 0 radical (unpaired) electrons. The zero-order valence-electron chi connectivity index (χ0n) is 18.6. The van der Waals surface area contributed by atoms with E-state index in [1.807, 2.05) is 28.8 Å². The van der Waals surface area contributed by atoms with Gasteiger partial charge in [-0.1, -0.05) is 25.0 Å². The number of anilines is 1. The Bertz CT molecular complexity index is 739. The number of amides is 2. The van der Waals surface area contributed by atoms with E-state index in [9.17, 15) is 9.59 Å². The van der Waals surface area contributed by atoms with E-state index in [0.717, 1.165) is 51.5 Å². The van der Waals surface area contributed by atoms with Crippen LogP contribution in [0.1, 0.15) is 37.7 Å². The van der Waals surface area contributed by atoms with E-state index in [0.29, 0.717) is 24.8 Å². The second-order valence-electron chi connectivity index (χ2n) is 9.15. The Morgan fingerprint density at radius 3 is 2.45 bits per heavy atom. The quantitative estimate of drug-likeness (QED) is 0.701. The van der Waals surface area contributed by atoms with Gasteiger partial charge in [-0.05, 0) is 36.5 Å². The Morgan fingerprint density at radius 1 is 0.968 bits per heavy atom. The average molecular weight is 445 g/mol. The Kier molecular flexibility index (Phi) is 8.27. The molecule has 6 nitrogen and oxygen atoms in total. The van der Waals surface area contributed by atoms with E-state index in [1.54, 1.807) is 0 Å². The topological polar surface area (TPSA) is 55.9 Å². The molecule has 2 saturated heterocycles. The van der Waals surface area contributed by atoms with Crippen LogP contribution in [0.25, 0.3) is 0 Å². The van der Waals surface area contributed by atoms with Crippen LogP contribution in [0.5, 0.6) is 0 Å². The number of rotatable bonds is 7. The van der Waals surface area contributed by atoms with E-state index in [4.69, 9.17) is 0 Å². The molecule has 0 unspecified atom stereocenters. The molecule has 0 atom stereocenters. The van der Waals surface area contributed by atoms with Gasteiger partial charge >= 0.3 is 0 Å². The molecule has 1 aromatic carbocycles. The van der Waals surface area contributed by atoms with Crippen LogP contribution >= 0.6 is 11.8 Å². The molecule has 2 aliphatic heterocycles. The van der Waals surface area contributed by atoms with Gasteiger partial charge in [0.2, 0.25) is 11.8 Å². The summed E-state index contributed by atoms with van der Waals surface area (Å²) < 4.78 is 0. The first-order valence-corrected chi connectivity index (χ1v) is 13.0. The SMILES string of the molecule is O=C(CN1CCN(C(=O)CC2CCCC2)CC1)Nc1cccc(CN2CCSCC2)c1. The van der Waals surface area contributed by atoms with Gasteiger partial charge in [0.25, 0.3) is 0 Å². The number of thioether (sulfide) groups is 1. The maximum atomic E-state index is 12.6. The Balaban J connectivity index is 1.19. The van der Waals surface area contributed by atoms with Crippen molar-refractivity contribution in [1.82, 2.24) is 14.7 Å². The summed E-state index contributed by atoms with van der Waals surface area (Å²) in [5, 5.41) is 3.07. The molecule has 31 heavy (non-hydrogen) atoms. The summed E-state index contributed by atoms with van der Waals surface area (Å²) >= 11 is 2.02. The molecule has 170 valence electrons. The van der Waals surface area contributed by atoms with E-state index < -0.39 is 0 Å². The van der Waals surface area contributed by atoms with E-state index in [1.165, 1.54) is 42.8 Å². The first kappa shape index (κ1) is 22.6. The van der Waals surface area contributed by atoms with Crippen molar-refractivity contribution in [3.05, 3.63) is 29.8 Å². The molecular weight excluding hydrogens is 408 g/mol. The Labute approximate surface area is 190 Å². The minimum absolute atomic E-state index is 0.0252. The van der Waals surface area contributed by atoms with Gasteiger partial charge < -0.3 is 10.2 Å². The molecule has 2 heterocycles. The Morgan fingerprint density at radius 2 is 1.71 bits per heavy atom. The molecule has 0 bridgehead atoms. The highest BCUT2D eigenvalue weighted by Crippen LogP contribution is 2.28. The standard InChI is InChI=1S/C24H36N4O2S/c29-23(25-22-7-3-6-21(16-22)18-27-12-14-31-15-13-27)19-26-8-10-28(11-9-26)24(30)17-20-4-1-2-5-20/h3,6-7,16,20H,1-2,4-5,8-15,17-19H2,(H,25,29). The molecule has 7 heteroatoms. The average Bonchev–Trinajstić information content (AvgIpc) is 3.28. The zero-order chi connectivity index (χ0) is 21.5. The number of nitrogens with one attached hydrogen (secondary N) is 1. The van der Waals surface area contributed by atoms with Crippen molar-refractivity contribution in [2.24, 2.45) is 5.92 Å². The van der Waals surface area contributed by atoms with Gasteiger partial charge in [0, 0.05) is 69.4 Å². The van der Waals surface area contributed by atoms with Crippen molar-refractivity contribution in [2.75, 3.05) is 62.6 Å². The molecule has 2 amide bonds. The summed E-state index contributed by atoms with van der Waals surface area (Å²) in [4.78, 5) is 31.7. The summed E-state index contributed by atoms with van der Waals surface area (Å²) in [5.41, 5.74) is 2.12. The third kappa shape index (κ3) is 6.96. The normalized spacial score (nSPS) is 21.4. The van der Waals surface area contributed by atoms with Gasteiger partial charge in [-0.3, -0.25) is 19.4 Å². The number of carbonyl (C=O) groups excluding carboxylic acids is 2. The third-order valence-electron chi connectivity index (χ3n) is 6.75. The van der Waals surface area contributed by atoms with Gasteiger partial charge in [-0.2, -0.15) is 11.8 Å². The van der Waals surface area contributed by atoms with Crippen LogP contribution in [0.4, 0.5) is 5.69 Å². The predicted molar refractivity (Wildman–Crippen MR) is 127 cm³/mol. The fourth-order valence-electron chi connectivity index (χ4n) is 4.91. The predicted octanol–water partition coefficient (Wildman–Crippen LogP) is 2.90. The highest BCUT2D eigenvalue weighted by atomic mass is 32.2. The van der Waals surface area contributed by atoms with E-state index >= 15 is 0 Å². The van der Waals surface area contributed by atoms with Gasteiger partial charge in [0.05, 0.1) is 6.54 Å². The van der Waals surface area contributed by atoms with Crippen molar-refractivity contribution < 1.29 is 9.59 Å². The smallest absolute Gasteiger partial charge is 0.238 e. The molecule has 0 spiro atoms. The third-order valence-corrected chi connectivity index (χ3v) is 7.69. The number of benzene rings is 1. The van der Waals surface area contributed by atoms with Gasteiger partial charge in [-0.15, -0.1) is 0 Å². The summed E-state index contributed by atoms with van der Waals surface area (Å²) in [7, 11) is 0. The number of carbonyl (C=O) groups is 2. The van der Waals surface area contributed by atoms with Crippen molar-refractivity contribution in [3.8, 4) is 0 Å². The maximum Gasteiger partial charge on any atom is 0.238 e. The maximum absolute atomic E-state index is 12.6. The van der Waals surface area contributed by atoms with Crippen LogP contribution in [-0.2, 0) is 16.1 Å². The number of piperazine rings is 1. The number of hydrogen-bond acceptors (Lipinski definition) is 5. The lowest BCUT2D eigenvalue weighted by molar-refractivity contribution is -0.134. The van der Waals surface area contributed by atoms with E-state index in [-0.39, 0.29) is 5.91 Å². The summed E-state index contributed by atoms with van der Waals surface area (Å²) in [6.45, 7) is 6.63. The lowest BCUT2D eigenvalue weighted by Gasteiger charge is -2.34. The van der Waals surface area contributed by atoms with E-state index in [2.05, 4.69) is 27.2 Å². The molecule has 1 aromatic rings. The number of nitrogens with zero attached hydrogens (tertiary/aromatic N) is 3. The summed E-state index contributed by atoms with van der Waals surface area (Å²) in [6.07, 6.45) is 5.70. The first-order chi connectivity index (χ1) is 15.2. The Hall–Kier alpha value is -1.57. The largest absolute Gasteiger partial charge is 0.340 e. The first-order valence-electron chi connectivity index (χ1n) is 11.8. The van der Waals surface area contributed by atoms with Crippen LogP contribution in [-0.4, -0.2) is 83.8 Å². The van der Waals surface area contributed by atoms with Crippen LogP contribution in [0, 0.1) is 5.92 Å². The molecule has 3 fully saturated rings. The summed E-state index contributed by atoms with van der Waals surface area (Å²) in [6, 6.07) is 8.23. The van der Waals surface area contributed by atoms with Gasteiger partial charge in [0.1, 0.15) is 0 Å². The van der Waals surface area contributed by atoms with Crippen LogP contribution in [0.3, 0.4) is 0 Å². The highest BCUT2D eigenvalue weighted by Gasteiger charge is 2.25. The molecule has 0 aromatic heterocycles. The van der Waals surface area contributed by atoms with Gasteiger partial charge in [-0.25, -0.2) is 0 Å². The molecule has 4 rings (SSSR count). The van der Waals surface area contributed by atoms with Crippen LogP contribution in [0.15, 0.2) is 24.3 Å². The molecule has 3 aliphatic rings. The lowest BCUT2D eigenvalue weighted by atomic mass is 10.0. The summed E-state index contributed by atoms with van der Waals surface area (Å²) in [5.74, 6) is 3.34. The van der Waals surface area contributed by atoms with Crippen molar-refractivity contribution in [2.45, 2.75) is 38.6 Å². The molecular formula is C24H36N4O2S. The second kappa shape index (κ2) is 11.3. The van der Waals surface area contributed by atoms with Crippen LogP contribution < -0.4 is 5.32 Å². The molecule has 1 saturated carbocycles. The highest BCUT2D eigenvalue weighted by molar-refractivity contribution is 7.99. The second-order valence-corrected chi connectivity index (χ2v) is 10.4. The monoisotopic (exact) mass is 444 g/mol. The fourth-order valence-corrected chi connectivity index (χ4v) is 5.89. The minimum atomic E-state index is 0.0252. The van der Waals surface area contributed by atoms with Crippen LogP contribution in [0.2, 0.25) is 0 Å². The lowest BCUT2D eigenvalue weighted by Crippen LogP contribution is -2.50.